The van der Waals surface area contributed by atoms with E-state index in [0.29, 0.717) is 6.42 Å². The second-order valence-electron chi connectivity index (χ2n) is 5.10. The number of fused-ring (bicyclic) bond motifs is 1. The molecule has 0 aliphatic carbocycles. The largest absolute Gasteiger partial charge is 0.344 e. The Kier molecular flexibility index (Phi) is 5.13. The number of hydrogen-bond donors (Lipinski definition) is 1. The smallest absolute Gasteiger partial charge is 0.222 e. The topological polar surface area (TPSA) is 32.3 Å². The lowest BCUT2D eigenvalue weighted by molar-refractivity contribution is -0.129. The van der Waals surface area contributed by atoms with Gasteiger partial charge in [0, 0.05) is 26.6 Å². The molecule has 3 heteroatoms. The highest BCUT2D eigenvalue weighted by Crippen LogP contribution is 2.16. The van der Waals surface area contributed by atoms with Crippen LogP contribution < -0.4 is 5.32 Å². The van der Waals surface area contributed by atoms with Gasteiger partial charge in [-0.3, -0.25) is 4.79 Å². The van der Waals surface area contributed by atoms with Crippen molar-refractivity contribution >= 4 is 16.7 Å². The minimum atomic E-state index is 0.202. The highest BCUT2D eigenvalue weighted by molar-refractivity contribution is 5.83. The molecule has 0 fully saturated rings. The second kappa shape index (κ2) is 7.06. The predicted octanol–water partition coefficient (Wildman–Crippen LogP) is 2.45. The van der Waals surface area contributed by atoms with Crippen LogP contribution in [-0.2, 0) is 11.2 Å². The Hall–Kier alpha value is -1.87. The molecular formula is C17H22N2O. The fourth-order valence-corrected chi connectivity index (χ4v) is 2.24. The van der Waals surface area contributed by atoms with Crippen LogP contribution in [0, 0.1) is 0 Å². The van der Waals surface area contributed by atoms with Crippen LogP contribution in [0.25, 0.3) is 10.8 Å². The van der Waals surface area contributed by atoms with Crippen molar-refractivity contribution in [1.29, 1.82) is 0 Å². The molecule has 1 amide bonds. The maximum Gasteiger partial charge on any atom is 0.222 e. The molecule has 1 N–H and O–H groups in total. The van der Waals surface area contributed by atoms with Gasteiger partial charge in [0.05, 0.1) is 0 Å². The van der Waals surface area contributed by atoms with Gasteiger partial charge in [0.15, 0.2) is 0 Å². The lowest BCUT2D eigenvalue weighted by Gasteiger charge is -2.16. The molecule has 0 atom stereocenters. The molecule has 0 spiro atoms. The fraction of sp³-hybridized carbons (Fsp3) is 0.353. The molecule has 0 saturated carbocycles. The van der Waals surface area contributed by atoms with E-state index in [4.69, 9.17) is 0 Å². The Labute approximate surface area is 120 Å². The van der Waals surface area contributed by atoms with E-state index in [-0.39, 0.29) is 5.91 Å². The highest BCUT2D eigenvalue weighted by Gasteiger charge is 2.08. The Morgan fingerprint density at radius 1 is 1.15 bits per heavy atom. The van der Waals surface area contributed by atoms with Gasteiger partial charge in [0.1, 0.15) is 0 Å². The Morgan fingerprint density at radius 2 is 1.90 bits per heavy atom. The number of likely N-dealkylation sites (N-methyl/N-ethyl adjacent to an activating group) is 2. The number of nitrogens with zero attached hydrogens (tertiary/aromatic N) is 1. The van der Waals surface area contributed by atoms with Crippen molar-refractivity contribution in [3.05, 3.63) is 48.0 Å². The maximum atomic E-state index is 12.0. The zero-order valence-electron chi connectivity index (χ0n) is 12.2. The van der Waals surface area contributed by atoms with Gasteiger partial charge in [-0.1, -0.05) is 42.5 Å². The number of aryl methyl sites for hydroxylation is 1. The summed E-state index contributed by atoms with van der Waals surface area (Å²) in [6.45, 7) is 1.59. The molecule has 2 aromatic carbocycles. The lowest BCUT2D eigenvalue weighted by atomic mass is 10.0. The molecule has 0 aliphatic heterocycles. The summed E-state index contributed by atoms with van der Waals surface area (Å²) >= 11 is 0. The Bertz CT molecular complexity index is 580. The van der Waals surface area contributed by atoms with Gasteiger partial charge in [-0.15, -0.1) is 0 Å². The Balaban J connectivity index is 1.93. The first-order valence-electron chi connectivity index (χ1n) is 7.07. The van der Waals surface area contributed by atoms with Crippen LogP contribution in [-0.4, -0.2) is 38.0 Å². The predicted molar refractivity (Wildman–Crippen MR) is 83.8 cm³/mol. The summed E-state index contributed by atoms with van der Waals surface area (Å²) in [4.78, 5) is 13.8. The maximum absolute atomic E-state index is 12.0. The molecule has 0 heterocycles. The van der Waals surface area contributed by atoms with E-state index >= 15 is 0 Å². The number of hydrogen-bond acceptors (Lipinski definition) is 2. The van der Waals surface area contributed by atoms with Gasteiger partial charge in [-0.05, 0) is 29.8 Å². The van der Waals surface area contributed by atoms with Crippen molar-refractivity contribution in [1.82, 2.24) is 10.2 Å². The third kappa shape index (κ3) is 3.81. The van der Waals surface area contributed by atoms with Crippen LogP contribution in [0.15, 0.2) is 42.5 Å². The van der Waals surface area contributed by atoms with Crippen molar-refractivity contribution < 1.29 is 4.79 Å². The van der Waals surface area contributed by atoms with E-state index in [1.807, 2.05) is 26.2 Å². The summed E-state index contributed by atoms with van der Waals surface area (Å²) in [5, 5.41) is 5.53. The number of amides is 1. The molecular weight excluding hydrogens is 248 g/mol. The molecule has 2 aromatic rings. The van der Waals surface area contributed by atoms with Crippen molar-refractivity contribution in [3.63, 3.8) is 0 Å². The first kappa shape index (κ1) is 14.5. The van der Waals surface area contributed by atoms with Gasteiger partial charge in [-0.25, -0.2) is 0 Å². The van der Waals surface area contributed by atoms with E-state index in [2.05, 4.69) is 35.6 Å². The average Bonchev–Trinajstić information content (AvgIpc) is 2.50. The van der Waals surface area contributed by atoms with E-state index < -0.39 is 0 Å². The fourth-order valence-electron chi connectivity index (χ4n) is 2.24. The molecule has 2 rings (SSSR count). The molecule has 0 unspecified atom stereocenters. The number of benzene rings is 2. The van der Waals surface area contributed by atoms with Crippen molar-refractivity contribution in [3.8, 4) is 0 Å². The van der Waals surface area contributed by atoms with Gasteiger partial charge in [-0.2, -0.15) is 0 Å². The molecule has 20 heavy (non-hydrogen) atoms. The van der Waals surface area contributed by atoms with Crippen molar-refractivity contribution in [2.75, 3.05) is 27.2 Å². The highest BCUT2D eigenvalue weighted by atomic mass is 16.2. The minimum absolute atomic E-state index is 0.202. The van der Waals surface area contributed by atoms with Crippen LogP contribution in [0.4, 0.5) is 0 Å². The van der Waals surface area contributed by atoms with E-state index in [1.54, 1.807) is 4.90 Å². The summed E-state index contributed by atoms with van der Waals surface area (Å²) in [6.07, 6.45) is 1.37. The minimum Gasteiger partial charge on any atom is -0.344 e. The molecule has 0 aromatic heterocycles. The summed E-state index contributed by atoms with van der Waals surface area (Å²) in [6, 6.07) is 14.7. The van der Waals surface area contributed by atoms with E-state index in [9.17, 15) is 4.79 Å². The van der Waals surface area contributed by atoms with Gasteiger partial charge in [0.25, 0.3) is 0 Å². The SMILES string of the molecule is CNCCN(C)C(=O)CCc1ccc2ccccc2c1. The number of carbonyl (C=O) groups excluding carboxylic acids is 1. The summed E-state index contributed by atoms with van der Waals surface area (Å²) in [7, 11) is 3.76. The Morgan fingerprint density at radius 3 is 2.65 bits per heavy atom. The van der Waals surface area contributed by atoms with Crippen molar-refractivity contribution in [2.24, 2.45) is 0 Å². The van der Waals surface area contributed by atoms with Gasteiger partial charge in [0.2, 0.25) is 5.91 Å². The standard InChI is InChI=1S/C17H22N2O/c1-18-11-12-19(2)17(20)10-8-14-7-9-15-5-3-4-6-16(15)13-14/h3-7,9,13,18H,8,10-12H2,1-2H3. The first-order chi connectivity index (χ1) is 9.70. The zero-order chi connectivity index (χ0) is 14.4. The second-order valence-corrected chi connectivity index (χ2v) is 5.10. The lowest BCUT2D eigenvalue weighted by Crippen LogP contribution is -2.32. The first-order valence-corrected chi connectivity index (χ1v) is 7.07. The number of nitrogens with one attached hydrogen (secondary N) is 1. The molecule has 0 saturated heterocycles. The normalized spacial score (nSPS) is 10.7. The number of rotatable bonds is 6. The van der Waals surface area contributed by atoms with Crippen LogP contribution in [0.2, 0.25) is 0 Å². The van der Waals surface area contributed by atoms with Gasteiger partial charge < -0.3 is 10.2 Å². The zero-order valence-corrected chi connectivity index (χ0v) is 12.2. The third-order valence-corrected chi connectivity index (χ3v) is 3.56. The quantitative estimate of drug-likeness (QED) is 0.874. The van der Waals surface area contributed by atoms with Crippen LogP contribution >= 0.6 is 0 Å². The number of carbonyl (C=O) groups is 1. The summed E-state index contributed by atoms with van der Waals surface area (Å²) in [5.74, 6) is 0.202. The molecule has 0 aliphatic rings. The molecule has 106 valence electrons. The van der Waals surface area contributed by atoms with Crippen LogP contribution in [0.5, 0.6) is 0 Å². The molecule has 0 radical (unpaired) electrons. The molecule has 0 bridgehead atoms. The molecule has 3 nitrogen and oxygen atoms in total. The van der Waals surface area contributed by atoms with E-state index in [1.165, 1.54) is 16.3 Å². The third-order valence-electron chi connectivity index (χ3n) is 3.56. The van der Waals surface area contributed by atoms with Crippen LogP contribution in [0.1, 0.15) is 12.0 Å². The van der Waals surface area contributed by atoms with Crippen LogP contribution in [0.3, 0.4) is 0 Å². The monoisotopic (exact) mass is 270 g/mol. The van der Waals surface area contributed by atoms with Crippen molar-refractivity contribution in [2.45, 2.75) is 12.8 Å². The summed E-state index contributed by atoms with van der Waals surface area (Å²) < 4.78 is 0. The summed E-state index contributed by atoms with van der Waals surface area (Å²) in [5.41, 5.74) is 1.22. The van der Waals surface area contributed by atoms with E-state index in [0.717, 1.165) is 19.5 Å². The van der Waals surface area contributed by atoms with Gasteiger partial charge >= 0.3 is 0 Å². The average molecular weight is 270 g/mol.